The molecule has 0 aliphatic heterocycles. The maximum atomic E-state index is 10.1. The maximum absolute atomic E-state index is 10.1. The van der Waals surface area contributed by atoms with Crippen molar-refractivity contribution in [2.24, 2.45) is 0 Å². The third-order valence-corrected chi connectivity index (χ3v) is 3.68. The standard InChI is InChI=1S/C14H14.C6H5O3P/c1-3-7-13(8-4-1)11-12-14-9-5-2-6-10-14;7-10(8)9-6-4-2-1-3-5-6/h1-10H,11-12H2;1-5H/p+1. The number of hydrogen-bond donors (Lipinski definition) is 1. The lowest BCUT2D eigenvalue weighted by molar-refractivity contribution is 0.410. The highest BCUT2D eigenvalue weighted by atomic mass is 31.1. The molecule has 1 N–H and O–H groups in total. The van der Waals surface area contributed by atoms with Crippen LogP contribution in [-0.2, 0) is 17.4 Å². The fourth-order valence-corrected chi connectivity index (χ4v) is 2.45. The van der Waals surface area contributed by atoms with Crippen molar-refractivity contribution in [2.75, 3.05) is 0 Å². The minimum absolute atomic E-state index is 0.408. The summed E-state index contributed by atoms with van der Waals surface area (Å²) in [6.45, 7) is 0. The molecule has 0 saturated heterocycles. The van der Waals surface area contributed by atoms with Crippen LogP contribution in [0.1, 0.15) is 11.1 Å². The summed E-state index contributed by atoms with van der Waals surface area (Å²) < 4.78 is 14.6. The molecule has 0 radical (unpaired) electrons. The van der Waals surface area contributed by atoms with E-state index in [0.29, 0.717) is 5.75 Å². The van der Waals surface area contributed by atoms with Crippen molar-refractivity contribution in [3.05, 3.63) is 102 Å². The molecule has 0 heterocycles. The van der Waals surface area contributed by atoms with E-state index in [4.69, 9.17) is 4.89 Å². The van der Waals surface area contributed by atoms with Crippen LogP contribution in [-0.4, -0.2) is 4.89 Å². The number of benzene rings is 3. The molecule has 1 unspecified atom stereocenters. The zero-order chi connectivity index (χ0) is 17.0. The van der Waals surface area contributed by atoms with Gasteiger partial charge in [0, 0.05) is 4.57 Å². The van der Waals surface area contributed by atoms with Gasteiger partial charge in [0.25, 0.3) is 0 Å². The first-order chi connectivity index (χ1) is 11.7. The maximum Gasteiger partial charge on any atom is 0.747 e. The number of aryl methyl sites for hydroxylation is 2. The Kier molecular flexibility index (Phi) is 7.69. The number of para-hydroxylation sites is 1. The van der Waals surface area contributed by atoms with Gasteiger partial charge in [0.05, 0.1) is 0 Å². The second-order valence-electron chi connectivity index (χ2n) is 5.11. The van der Waals surface area contributed by atoms with Crippen molar-refractivity contribution in [1.82, 2.24) is 0 Å². The predicted octanol–water partition coefficient (Wildman–Crippen LogP) is 5.19. The van der Waals surface area contributed by atoms with Crippen LogP contribution >= 0.6 is 8.25 Å². The van der Waals surface area contributed by atoms with Gasteiger partial charge < -0.3 is 0 Å². The smallest absolute Gasteiger partial charge is 0.229 e. The fraction of sp³-hybridized carbons (Fsp3) is 0.100. The molecule has 3 aromatic rings. The third kappa shape index (κ3) is 7.19. The van der Waals surface area contributed by atoms with Crippen LogP contribution in [0.2, 0.25) is 0 Å². The fourth-order valence-electron chi connectivity index (χ4n) is 2.15. The number of rotatable bonds is 5. The van der Waals surface area contributed by atoms with E-state index >= 15 is 0 Å². The lowest BCUT2D eigenvalue weighted by Crippen LogP contribution is -1.89. The van der Waals surface area contributed by atoms with Crippen LogP contribution in [0.3, 0.4) is 0 Å². The quantitative estimate of drug-likeness (QED) is 0.651. The first-order valence-electron chi connectivity index (χ1n) is 7.71. The van der Waals surface area contributed by atoms with Gasteiger partial charge in [-0.05, 0) is 36.1 Å². The highest BCUT2D eigenvalue weighted by molar-refractivity contribution is 7.32. The van der Waals surface area contributed by atoms with Gasteiger partial charge >= 0.3 is 8.25 Å². The van der Waals surface area contributed by atoms with Crippen LogP contribution in [0.4, 0.5) is 0 Å². The summed E-state index contributed by atoms with van der Waals surface area (Å²) in [6, 6.07) is 29.7. The van der Waals surface area contributed by atoms with Crippen molar-refractivity contribution in [2.45, 2.75) is 12.8 Å². The molecule has 4 heteroatoms. The Morgan fingerprint density at radius 3 is 1.42 bits per heavy atom. The van der Waals surface area contributed by atoms with Gasteiger partial charge in [-0.2, -0.15) is 0 Å². The van der Waals surface area contributed by atoms with Crippen molar-refractivity contribution < 1.29 is 14.0 Å². The van der Waals surface area contributed by atoms with E-state index in [0.717, 1.165) is 12.8 Å². The Bertz CT molecular complexity index is 676. The highest BCUT2D eigenvalue weighted by Crippen LogP contribution is 2.21. The van der Waals surface area contributed by atoms with Crippen LogP contribution in [0.5, 0.6) is 5.75 Å². The van der Waals surface area contributed by atoms with E-state index in [2.05, 4.69) is 65.2 Å². The predicted molar refractivity (Wildman–Crippen MR) is 97.2 cm³/mol. The summed E-state index contributed by atoms with van der Waals surface area (Å²) in [7, 11) is -2.53. The van der Waals surface area contributed by atoms with Gasteiger partial charge in [-0.15, -0.1) is 4.89 Å². The molecular weight excluding hydrogens is 319 g/mol. The first kappa shape index (κ1) is 17.9. The molecule has 0 amide bonds. The van der Waals surface area contributed by atoms with Crippen molar-refractivity contribution >= 4 is 8.25 Å². The Morgan fingerprint density at radius 1 is 0.667 bits per heavy atom. The molecule has 0 saturated carbocycles. The van der Waals surface area contributed by atoms with Crippen LogP contribution in [0, 0.1) is 0 Å². The molecule has 1 atom stereocenters. The average Bonchev–Trinajstić information content (AvgIpc) is 2.63. The molecule has 0 aliphatic rings. The second-order valence-corrected chi connectivity index (χ2v) is 5.77. The summed E-state index contributed by atoms with van der Waals surface area (Å²) in [5.74, 6) is 0.408. The van der Waals surface area contributed by atoms with Crippen LogP contribution in [0.15, 0.2) is 91.0 Å². The molecule has 122 valence electrons. The molecule has 0 spiro atoms. The first-order valence-corrected chi connectivity index (χ1v) is 8.84. The van der Waals surface area contributed by atoms with Gasteiger partial charge in [-0.25, -0.2) is 4.52 Å². The second kappa shape index (κ2) is 10.3. The minimum atomic E-state index is -2.53. The SMILES string of the molecule is O=[P+](O)Oc1ccccc1.c1ccc(CCc2ccccc2)cc1. The minimum Gasteiger partial charge on any atom is -0.229 e. The molecule has 3 nitrogen and oxygen atoms in total. The Labute approximate surface area is 143 Å². The van der Waals surface area contributed by atoms with Gasteiger partial charge in [0.15, 0.2) is 5.75 Å². The lowest BCUT2D eigenvalue weighted by atomic mass is 10.0. The van der Waals surface area contributed by atoms with E-state index in [9.17, 15) is 4.57 Å². The molecule has 0 bridgehead atoms. The molecule has 0 aromatic heterocycles. The van der Waals surface area contributed by atoms with Crippen molar-refractivity contribution in [3.8, 4) is 5.75 Å². The summed E-state index contributed by atoms with van der Waals surface area (Å²) in [6.07, 6.45) is 2.26. The largest absolute Gasteiger partial charge is 0.747 e. The Hall–Kier alpha value is -2.48. The van der Waals surface area contributed by atoms with Crippen LogP contribution < -0.4 is 4.52 Å². The molecule has 3 aromatic carbocycles. The Morgan fingerprint density at radius 2 is 1.04 bits per heavy atom. The summed E-state index contributed by atoms with van der Waals surface area (Å²) in [5, 5.41) is 0. The van der Waals surface area contributed by atoms with E-state index in [-0.39, 0.29) is 0 Å². The van der Waals surface area contributed by atoms with E-state index in [1.807, 2.05) is 0 Å². The normalized spacial score (nSPS) is 10.3. The monoisotopic (exact) mass is 339 g/mol. The molecule has 3 rings (SSSR count). The Balaban J connectivity index is 0.000000185. The highest BCUT2D eigenvalue weighted by Gasteiger charge is 2.12. The van der Waals surface area contributed by atoms with Gasteiger partial charge in [-0.1, -0.05) is 78.9 Å². The van der Waals surface area contributed by atoms with Gasteiger partial charge in [-0.3, -0.25) is 0 Å². The summed E-state index contributed by atoms with van der Waals surface area (Å²) in [5.41, 5.74) is 2.83. The lowest BCUT2D eigenvalue weighted by Gasteiger charge is -2.01. The molecule has 0 aliphatic carbocycles. The van der Waals surface area contributed by atoms with E-state index < -0.39 is 8.25 Å². The van der Waals surface area contributed by atoms with E-state index in [1.165, 1.54) is 11.1 Å². The van der Waals surface area contributed by atoms with Gasteiger partial charge in [0.2, 0.25) is 0 Å². The topological polar surface area (TPSA) is 46.5 Å². The average molecular weight is 339 g/mol. The van der Waals surface area contributed by atoms with Gasteiger partial charge in [0.1, 0.15) is 0 Å². The van der Waals surface area contributed by atoms with Crippen molar-refractivity contribution in [1.29, 1.82) is 0 Å². The third-order valence-electron chi connectivity index (χ3n) is 3.31. The van der Waals surface area contributed by atoms with Crippen LogP contribution in [0.25, 0.3) is 0 Å². The summed E-state index contributed by atoms with van der Waals surface area (Å²) >= 11 is 0. The zero-order valence-corrected chi connectivity index (χ0v) is 14.2. The van der Waals surface area contributed by atoms with Crippen molar-refractivity contribution in [3.63, 3.8) is 0 Å². The van der Waals surface area contributed by atoms with E-state index in [1.54, 1.807) is 30.3 Å². The molecule has 24 heavy (non-hydrogen) atoms. The zero-order valence-electron chi connectivity index (χ0n) is 13.3. The molecular formula is C20H20O3P+. The summed E-state index contributed by atoms with van der Waals surface area (Å²) in [4.78, 5) is 8.29. The molecule has 0 fully saturated rings. The number of hydrogen-bond acceptors (Lipinski definition) is 2.